The number of rotatable bonds is 3. The summed E-state index contributed by atoms with van der Waals surface area (Å²) in [5, 5.41) is 8.99. The van der Waals surface area contributed by atoms with Crippen molar-refractivity contribution in [3.63, 3.8) is 0 Å². The van der Waals surface area contributed by atoms with Crippen LogP contribution in [0.5, 0.6) is 0 Å². The van der Waals surface area contributed by atoms with E-state index in [0.29, 0.717) is 32.2 Å². The third kappa shape index (κ3) is 3.07. The topological polar surface area (TPSA) is 64.4 Å². The summed E-state index contributed by atoms with van der Waals surface area (Å²) in [5.41, 5.74) is -0.413. The summed E-state index contributed by atoms with van der Waals surface area (Å²) in [6.45, 7) is 6.08. The number of hydrogen-bond acceptors (Lipinski definition) is 4. The van der Waals surface area contributed by atoms with Crippen LogP contribution < -0.4 is 0 Å². The lowest BCUT2D eigenvalue weighted by Gasteiger charge is -2.36. The highest BCUT2D eigenvalue weighted by Gasteiger charge is 2.31. The van der Waals surface area contributed by atoms with Crippen molar-refractivity contribution >= 4 is 10.0 Å². The van der Waals surface area contributed by atoms with E-state index >= 15 is 0 Å². The Balaban J connectivity index is 2.29. The molecule has 0 bridgehead atoms. The van der Waals surface area contributed by atoms with Crippen molar-refractivity contribution in [1.29, 1.82) is 5.26 Å². The fourth-order valence-electron chi connectivity index (χ4n) is 2.43. The van der Waals surface area contributed by atoms with E-state index in [4.69, 9.17) is 5.26 Å². The van der Waals surface area contributed by atoms with Crippen molar-refractivity contribution < 1.29 is 12.8 Å². The van der Waals surface area contributed by atoms with Crippen molar-refractivity contribution in [1.82, 2.24) is 9.21 Å². The molecule has 5 nitrogen and oxygen atoms in total. The minimum atomic E-state index is -3.83. The summed E-state index contributed by atoms with van der Waals surface area (Å²) >= 11 is 0. The molecule has 1 aliphatic rings. The molecule has 1 saturated heterocycles. The van der Waals surface area contributed by atoms with Gasteiger partial charge in [-0.2, -0.15) is 9.57 Å². The van der Waals surface area contributed by atoms with E-state index in [2.05, 4.69) is 18.7 Å². The van der Waals surface area contributed by atoms with Gasteiger partial charge in [-0.15, -0.1) is 0 Å². The van der Waals surface area contributed by atoms with Crippen LogP contribution in [0.4, 0.5) is 4.39 Å². The van der Waals surface area contributed by atoms with E-state index in [-0.39, 0.29) is 4.90 Å². The van der Waals surface area contributed by atoms with Crippen molar-refractivity contribution in [2.75, 3.05) is 26.2 Å². The van der Waals surface area contributed by atoms with E-state index < -0.39 is 21.4 Å². The highest BCUT2D eigenvalue weighted by atomic mass is 32.2. The maximum absolute atomic E-state index is 13.6. The average molecular weight is 311 g/mol. The van der Waals surface area contributed by atoms with Crippen LogP contribution >= 0.6 is 0 Å². The highest BCUT2D eigenvalue weighted by Crippen LogP contribution is 2.23. The van der Waals surface area contributed by atoms with Gasteiger partial charge in [0.1, 0.15) is 22.3 Å². The fraction of sp³-hybridized carbons (Fsp3) is 0.500. The van der Waals surface area contributed by atoms with E-state index in [1.165, 1.54) is 16.4 Å². The predicted octanol–water partition coefficient (Wildman–Crippen LogP) is 1.41. The van der Waals surface area contributed by atoms with Crippen LogP contribution in [0.3, 0.4) is 0 Å². The Labute approximate surface area is 124 Å². The molecule has 0 atom stereocenters. The minimum Gasteiger partial charge on any atom is -0.298 e. The molecular formula is C14H18FN3O2S. The summed E-state index contributed by atoms with van der Waals surface area (Å²) < 4.78 is 40.1. The summed E-state index contributed by atoms with van der Waals surface area (Å²) in [6, 6.07) is 5.69. The third-order valence-corrected chi connectivity index (χ3v) is 5.65. The van der Waals surface area contributed by atoms with Crippen molar-refractivity contribution in [2.24, 2.45) is 0 Å². The Morgan fingerprint density at radius 1 is 1.24 bits per heavy atom. The van der Waals surface area contributed by atoms with Gasteiger partial charge in [0.15, 0.2) is 0 Å². The number of hydrogen-bond donors (Lipinski definition) is 0. The Morgan fingerprint density at radius 3 is 2.38 bits per heavy atom. The first-order valence-electron chi connectivity index (χ1n) is 6.80. The minimum absolute atomic E-state index is 0.247. The SMILES string of the molecule is CC(C)N1CCN(S(=O)(=O)c2cccc(F)c2C#N)CC1. The molecule has 1 aromatic rings. The van der Waals surface area contributed by atoms with Gasteiger partial charge in [0.2, 0.25) is 10.0 Å². The molecule has 21 heavy (non-hydrogen) atoms. The van der Waals surface area contributed by atoms with Gasteiger partial charge in [0, 0.05) is 32.2 Å². The van der Waals surface area contributed by atoms with Crippen LogP contribution in [0.15, 0.2) is 23.1 Å². The van der Waals surface area contributed by atoms with Crippen molar-refractivity contribution in [2.45, 2.75) is 24.8 Å². The summed E-state index contributed by atoms with van der Waals surface area (Å²) in [7, 11) is -3.83. The van der Waals surface area contributed by atoms with Gasteiger partial charge in [-0.1, -0.05) is 6.07 Å². The largest absolute Gasteiger partial charge is 0.298 e. The maximum Gasteiger partial charge on any atom is 0.244 e. The summed E-state index contributed by atoms with van der Waals surface area (Å²) in [4.78, 5) is 1.94. The molecule has 0 saturated carbocycles. The van der Waals surface area contributed by atoms with Gasteiger partial charge in [-0.25, -0.2) is 12.8 Å². The molecule has 0 aromatic heterocycles. The molecule has 0 spiro atoms. The zero-order chi connectivity index (χ0) is 15.6. The molecule has 7 heteroatoms. The molecule has 0 amide bonds. The molecule has 114 valence electrons. The molecule has 0 radical (unpaired) electrons. The van der Waals surface area contributed by atoms with E-state index in [0.717, 1.165) is 6.07 Å². The van der Waals surface area contributed by atoms with Crippen LogP contribution in [0.2, 0.25) is 0 Å². The maximum atomic E-state index is 13.6. The lowest BCUT2D eigenvalue weighted by Crippen LogP contribution is -2.50. The quantitative estimate of drug-likeness (QED) is 0.847. The first kappa shape index (κ1) is 15.9. The first-order valence-corrected chi connectivity index (χ1v) is 8.24. The molecular weight excluding hydrogens is 293 g/mol. The number of nitriles is 1. The molecule has 1 aromatic carbocycles. The fourth-order valence-corrected chi connectivity index (χ4v) is 4.00. The number of benzene rings is 1. The van der Waals surface area contributed by atoms with Crippen molar-refractivity contribution in [3.05, 3.63) is 29.6 Å². The number of nitrogens with zero attached hydrogens (tertiary/aromatic N) is 3. The molecule has 1 fully saturated rings. The van der Waals surface area contributed by atoms with Crippen LogP contribution in [0, 0.1) is 17.1 Å². The van der Waals surface area contributed by atoms with Crippen LogP contribution in [-0.4, -0.2) is 49.8 Å². The Morgan fingerprint density at radius 2 is 1.86 bits per heavy atom. The average Bonchev–Trinajstić information content (AvgIpc) is 2.47. The van der Waals surface area contributed by atoms with Gasteiger partial charge in [0.05, 0.1) is 0 Å². The summed E-state index contributed by atoms with van der Waals surface area (Å²) in [6.07, 6.45) is 0. The molecule has 0 N–H and O–H groups in total. The zero-order valence-electron chi connectivity index (χ0n) is 12.1. The lowest BCUT2D eigenvalue weighted by atomic mass is 10.2. The number of halogens is 1. The van der Waals surface area contributed by atoms with E-state index in [9.17, 15) is 12.8 Å². The van der Waals surface area contributed by atoms with Crippen LogP contribution in [0.25, 0.3) is 0 Å². The van der Waals surface area contributed by atoms with Gasteiger partial charge < -0.3 is 0 Å². The molecule has 0 aliphatic carbocycles. The summed E-state index contributed by atoms with van der Waals surface area (Å²) in [5.74, 6) is -0.806. The molecule has 0 unspecified atom stereocenters. The van der Waals surface area contributed by atoms with Crippen LogP contribution in [0.1, 0.15) is 19.4 Å². The monoisotopic (exact) mass is 311 g/mol. The Hall–Kier alpha value is -1.49. The molecule has 1 aliphatic heterocycles. The Bertz CT molecular complexity index is 659. The number of piperazine rings is 1. The second-order valence-electron chi connectivity index (χ2n) is 5.26. The van der Waals surface area contributed by atoms with Crippen molar-refractivity contribution in [3.8, 4) is 6.07 Å². The van der Waals surface area contributed by atoms with Gasteiger partial charge >= 0.3 is 0 Å². The second-order valence-corrected chi connectivity index (χ2v) is 7.16. The van der Waals surface area contributed by atoms with Gasteiger partial charge in [-0.3, -0.25) is 4.90 Å². The van der Waals surface area contributed by atoms with E-state index in [1.807, 2.05) is 0 Å². The smallest absolute Gasteiger partial charge is 0.244 e. The van der Waals surface area contributed by atoms with E-state index in [1.54, 1.807) is 6.07 Å². The number of sulfonamides is 1. The van der Waals surface area contributed by atoms with Gasteiger partial charge in [-0.05, 0) is 26.0 Å². The highest BCUT2D eigenvalue weighted by molar-refractivity contribution is 7.89. The second kappa shape index (κ2) is 6.10. The van der Waals surface area contributed by atoms with Gasteiger partial charge in [0.25, 0.3) is 0 Å². The molecule has 2 rings (SSSR count). The Kier molecular flexibility index (Phi) is 4.61. The zero-order valence-corrected chi connectivity index (χ0v) is 12.9. The third-order valence-electron chi connectivity index (χ3n) is 3.71. The lowest BCUT2D eigenvalue weighted by molar-refractivity contribution is 0.154. The molecule has 1 heterocycles. The van der Waals surface area contributed by atoms with Crippen LogP contribution in [-0.2, 0) is 10.0 Å². The normalized spacial score (nSPS) is 17.9. The standard InChI is InChI=1S/C14H18FN3O2S/c1-11(2)17-6-8-18(9-7-17)21(19,20)14-5-3-4-13(15)12(14)10-16/h3-5,11H,6-9H2,1-2H3. The predicted molar refractivity (Wildman–Crippen MR) is 76.6 cm³/mol. The first-order chi connectivity index (χ1) is 9.87.